The van der Waals surface area contributed by atoms with Crippen molar-refractivity contribution in [2.75, 3.05) is 19.7 Å². The normalized spacial score (nSPS) is 27.3. The molecular weight excluding hydrogens is 386 g/mol. The van der Waals surface area contributed by atoms with Crippen LogP contribution in [0, 0.1) is 11.3 Å². The van der Waals surface area contributed by atoms with E-state index in [1.165, 1.54) is 42.6 Å². The van der Waals surface area contributed by atoms with E-state index in [0.717, 1.165) is 25.8 Å². The molecule has 4 nitrogen and oxygen atoms in total. The van der Waals surface area contributed by atoms with Crippen LogP contribution in [0.3, 0.4) is 0 Å². The van der Waals surface area contributed by atoms with Crippen molar-refractivity contribution >= 4 is 5.97 Å². The van der Waals surface area contributed by atoms with Gasteiger partial charge in [0.15, 0.2) is 0 Å². The number of carbonyl (C=O) groups is 1. The fourth-order valence-corrected chi connectivity index (χ4v) is 5.43. The Hall–Kier alpha value is -1.65. The van der Waals surface area contributed by atoms with E-state index < -0.39 is 11.0 Å². The molecule has 0 radical (unpaired) electrons. The van der Waals surface area contributed by atoms with Gasteiger partial charge in [-0.3, -0.25) is 9.69 Å². The van der Waals surface area contributed by atoms with E-state index in [-0.39, 0.29) is 24.9 Å². The fourth-order valence-electron chi connectivity index (χ4n) is 5.43. The molecule has 1 saturated carbocycles. The largest absolute Gasteiger partial charge is 0.460 e. The van der Waals surface area contributed by atoms with E-state index in [9.17, 15) is 9.90 Å². The SMILES string of the molecule is C=C(C)[C@@H]1CC[C@@](CO)(CC(=O)OC(C)(C)C)C[C@H]1c1ccc(CN2CCCC2)cc1. The van der Waals surface area contributed by atoms with Crippen LogP contribution in [0.25, 0.3) is 0 Å². The molecule has 2 fully saturated rings. The van der Waals surface area contributed by atoms with Crippen LogP contribution in [0.5, 0.6) is 0 Å². The number of rotatable bonds is 7. The maximum atomic E-state index is 12.6. The number of nitrogens with zero attached hydrogens (tertiary/aromatic N) is 1. The van der Waals surface area contributed by atoms with E-state index in [2.05, 4.69) is 42.7 Å². The third-order valence-electron chi connectivity index (χ3n) is 7.04. The van der Waals surface area contributed by atoms with Crippen molar-refractivity contribution in [2.45, 2.75) is 84.3 Å². The summed E-state index contributed by atoms with van der Waals surface area (Å²) in [7, 11) is 0. The van der Waals surface area contributed by atoms with E-state index in [1.807, 2.05) is 20.8 Å². The molecule has 0 amide bonds. The minimum absolute atomic E-state index is 0.0126. The average Bonchev–Trinajstić information content (AvgIpc) is 3.20. The van der Waals surface area contributed by atoms with Crippen LogP contribution in [0.1, 0.15) is 83.3 Å². The fraction of sp³-hybridized carbons (Fsp3) is 0.667. The van der Waals surface area contributed by atoms with Crippen molar-refractivity contribution in [1.82, 2.24) is 4.90 Å². The molecule has 1 saturated heterocycles. The molecule has 4 heteroatoms. The van der Waals surface area contributed by atoms with E-state index >= 15 is 0 Å². The Kier molecular flexibility index (Phi) is 7.64. The zero-order valence-corrected chi connectivity index (χ0v) is 20.0. The number of aliphatic hydroxyl groups excluding tert-OH is 1. The number of allylic oxidation sites excluding steroid dienone is 1. The Morgan fingerprint density at radius 3 is 2.42 bits per heavy atom. The summed E-state index contributed by atoms with van der Waals surface area (Å²) < 4.78 is 5.59. The highest BCUT2D eigenvalue weighted by Gasteiger charge is 2.43. The van der Waals surface area contributed by atoms with Crippen LogP contribution < -0.4 is 0 Å². The average molecular weight is 428 g/mol. The third-order valence-corrected chi connectivity index (χ3v) is 7.04. The minimum Gasteiger partial charge on any atom is -0.460 e. The molecule has 1 aliphatic carbocycles. The van der Waals surface area contributed by atoms with Gasteiger partial charge in [0.05, 0.1) is 6.42 Å². The molecule has 1 aromatic rings. The Bertz CT molecular complexity index is 758. The topological polar surface area (TPSA) is 49.8 Å². The van der Waals surface area contributed by atoms with Gasteiger partial charge in [0.2, 0.25) is 0 Å². The summed E-state index contributed by atoms with van der Waals surface area (Å²) in [5.41, 5.74) is 2.91. The van der Waals surface area contributed by atoms with Gasteiger partial charge in [-0.25, -0.2) is 0 Å². The third kappa shape index (κ3) is 6.43. The van der Waals surface area contributed by atoms with Gasteiger partial charge in [-0.15, -0.1) is 0 Å². The van der Waals surface area contributed by atoms with Gasteiger partial charge >= 0.3 is 5.97 Å². The first-order chi connectivity index (χ1) is 14.6. The maximum absolute atomic E-state index is 12.6. The zero-order valence-electron chi connectivity index (χ0n) is 20.0. The molecule has 0 spiro atoms. The summed E-state index contributed by atoms with van der Waals surface area (Å²) in [6.45, 7) is 15.5. The highest BCUT2D eigenvalue weighted by atomic mass is 16.6. The Morgan fingerprint density at radius 1 is 1.23 bits per heavy atom. The van der Waals surface area contributed by atoms with E-state index in [0.29, 0.717) is 5.92 Å². The summed E-state index contributed by atoms with van der Waals surface area (Å²) in [6.07, 6.45) is 5.43. The monoisotopic (exact) mass is 427 g/mol. The number of hydrogen-bond acceptors (Lipinski definition) is 4. The highest BCUT2D eigenvalue weighted by molar-refractivity contribution is 5.71. The predicted molar refractivity (Wildman–Crippen MR) is 126 cm³/mol. The lowest BCUT2D eigenvalue weighted by Gasteiger charge is -2.44. The molecule has 0 unspecified atom stereocenters. The molecule has 1 N–H and O–H groups in total. The lowest BCUT2D eigenvalue weighted by Crippen LogP contribution is -2.39. The summed E-state index contributed by atoms with van der Waals surface area (Å²) in [6, 6.07) is 9.03. The van der Waals surface area contributed by atoms with Gasteiger partial charge in [0, 0.05) is 18.6 Å². The summed E-state index contributed by atoms with van der Waals surface area (Å²) in [4.78, 5) is 15.1. The molecule has 1 aliphatic heterocycles. The smallest absolute Gasteiger partial charge is 0.306 e. The van der Waals surface area contributed by atoms with Gasteiger partial charge in [-0.05, 0) is 95.9 Å². The number of carbonyl (C=O) groups excluding carboxylic acids is 1. The van der Waals surface area contributed by atoms with Crippen LogP contribution >= 0.6 is 0 Å². The first-order valence-electron chi connectivity index (χ1n) is 11.9. The molecule has 3 atom stereocenters. The number of benzene rings is 1. The second-order valence-electron chi connectivity index (χ2n) is 10.9. The highest BCUT2D eigenvalue weighted by Crippen LogP contribution is 2.51. The Morgan fingerprint density at radius 2 is 1.87 bits per heavy atom. The molecule has 0 aromatic heterocycles. The summed E-state index contributed by atoms with van der Waals surface area (Å²) in [5, 5.41) is 10.3. The zero-order chi connectivity index (χ0) is 22.6. The quantitative estimate of drug-likeness (QED) is 0.464. The van der Waals surface area contributed by atoms with Gasteiger partial charge in [-0.1, -0.05) is 36.4 Å². The van der Waals surface area contributed by atoms with Crippen molar-refractivity contribution in [3.63, 3.8) is 0 Å². The minimum atomic E-state index is -0.507. The first kappa shape index (κ1) is 24.0. The Balaban J connectivity index is 1.76. The lowest BCUT2D eigenvalue weighted by atomic mass is 9.61. The number of hydrogen-bond donors (Lipinski definition) is 1. The van der Waals surface area contributed by atoms with Crippen molar-refractivity contribution in [3.05, 3.63) is 47.5 Å². The van der Waals surface area contributed by atoms with Gasteiger partial charge < -0.3 is 9.84 Å². The van der Waals surface area contributed by atoms with Crippen molar-refractivity contribution in [2.24, 2.45) is 11.3 Å². The van der Waals surface area contributed by atoms with E-state index in [4.69, 9.17) is 4.74 Å². The molecule has 31 heavy (non-hydrogen) atoms. The van der Waals surface area contributed by atoms with Crippen molar-refractivity contribution < 1.29 is 14.6 Å². The van der Waals surface area contributed by atoms with Gasteiger partial charge in [0.1, 0.15) is 5.60 Å². The molecule has 1 heterocycles. The number of aliphatic hydroxyl groups is 1. The van der Waals surface area contributed by atoms with Crippen LogP contribution in [0.15, 0.2) is 36.4 Å². The number of esters is 1. The van der Waals surface area contributed by atoms with Crippen molar-refractivity contribution in [1.29, 1.82) is 0 Å². The number of likely N-dealkylation sites (tertiary alicyclic amines) is 1. The van der Waals surface area contributed by atoms with Crippen molar-refractivity contribution in [3.8, 4) is 0 Å². The van der Waals surface area contributed by atoms with Crippen LogP contribution in [-0.4, -0.2) is 41.3 Å². The second-order valence-corrected chi connectivity index (χ2v) is 10.9. The van der Waals surface area contributed by atoms with Crippen LogP contribution in [-0.2, 0) is 16.1 Å². The predicted octanol–water partition coefficient (Wildman–Crippen LogP) is 5.45. The van der Waals surface area contributed by atoms with Gasteiger partial charge in [0.25, 0.3) is 0 Å². The first-order valence-corrected chi connectivity index (χ1v) is 11.9. The summed E-state index contributed by atoms with van der Waals surface area (Å²) in [5.74, 6) is 0.430. The maximum Gasteiger partial charge on any atom is 0.306 e. The summed E-state index contributed by atoms with van der Waals surface area (Å²) >= 11 is 0. The lowest BCUT2D eigenvalue weighted by molar-refractivity contribution is -0.159. The molecule has 1 aromatic carbocycles. The number of ether oxygens (including phenoxy) is 1. The van der Waals surface area contributed by atoms with Crippen LogP contribution in [0.4, 0.5) is 0 Å². The molecule has 2 aliphatic rings. The Labute approximate surface area is 188 Å². The molecule has 0 bridgehead atoms. The standard InChI is InChI=1S/C27H41NO3/c1-20(2)23-12-13-27(19-29,17-25(30)31-26(3,4)5)16-24(23)22-10-8-21(9-11-22)18-28-14-6-7-15-28/h8-11,23-24,29H,1,6-7,12-19H2,2-5H3/t23-,24-,27-/m0/s1. The molecular formula is C27H41NO3. The molecule has 3 rings (SSSR count). The molecule has 172 valence electrons. The second kappa shape index (κ2) is 9.87. The van der Waals surface area contributed by atoms with Gasteiger partial charge in [-0.2, -0.15) is 0 Å². The van der Waals surface area contributed by atoms with E-state index in [1.54, 1.807) is 0 Å². The van der Waals surface area contributed by atoms with Crippen LogP contribution in [0.2, 0.25) is 0 Å².